The number of unbranched alkanes of at least 4 members (excludes halogenated alkanes) is 2. The van der Waals surface area contributed by atoms with Crippen LogP contribution in [0.2, 0.25) is 0 Å². The fourth-order valence-corrected chi connectivity index (χ4v) is 2.95. The third kappa shape index (κ3) is 6.65. The highest BCUT2D eigenvalue weighted by atomic mass is 16.1. The van der Waals surface area contributed by atoms with E-state index in [-0.39, 0.29) is 17.6 Å². The number of carbonyl (C=O) groups is 2. The van der Waals surface area contributed by atoms with Gasteiger partial charge in [0.1, 0.15) is 0 Å². The summed E-state index contributed by atoms with van der Waals surface area (Å²) in [5.41, 5.74) is 2.13. The van der Waals surface area contributed by atoms with Crippen molar-refractivity contribution in [3.63, 3.8) is 0 Å². The molecule has 0 heterocycles. The lowest BCUT2D eigenvalue weighted by Gasteiger charge is -2.14. The molecule has 2 aromatic rings. The van der Waals surface area contributed by atoms with Gasteiger partial charge in [-0.3, -0.25) is 9.59 Å². The normalized spacial score (nSPS) is 12.0. The summed E-state index contributed by atoms with van der Waals surface area (Å²) in [5.74, 6) is -0.298. The number of nitrogens with zero attached hydrogens (tertiary/aromatic N) is 1. The Morgan fingerprint density at radius 1 is 0.926 bits per heavy atom. The first-order valence-electron chi connectivity index (χ1n) is 9.61. The topological polar surface area (TPSA) is 49.4 Å². The number of ketones is 1. The maximum atomic E-state index is 12.6. The van der Waals surface area contributed by atoms with Gasteiger partial charge in [-0.1, -0.05) is 55.0 Å². The summed E-state index contributed by atoms with van der Waals surface area (Å²) >= 11 is 0. The molecule has 0 aliphatic rings. The Morgan fingerprint density at radius 2 is 1.63 bits per heavy atom. The van der Waals surface area contributed by atoms with Crippen molar-refractivity contribution in [2.75, 3.05) is 27.2 Å². The zero-order valence-electron chi connectivity index (χ0n) is 16.6. The second-order valence-electron chi connectivity index (χ2n) is 7.20. The van der Waals surface area contributed by atoms with E-state index < -0.39 is 0 Å². The molecule has 144 valence electrons. The van der Waals surface area contributed by atoms with Crippen LogP contribution < -0.4 is 5.32 Å². The lowest BCUT2D eigenvalue weighted by molar-refractivity contribution is -0.122. The maximum Gasteiger partial charge on any atom is 0.227 e. The first-order chi connectivity index (χ1) is 13.0. The molecule has 0 aliphatic heterocycles. The molecule has 0 fully saturated rings. The highest BCUT2D eigenvalue weighted by Gasteiger charge is 2.17. The molecule has 27 heavy (non-hydrogen) atoms. The highest BCUT2D eigenvalue weighted by molar-refractivity contribution is 6.09. The van der Waals surface area contributed by atoms with Crippen molar-refractivity contribution in [3.05, 3.63) is 71.3 Å². The van der Waals surface area contributed by atoms with Gasteiger partial charge in [-0.25, -0.2) is 0 Å². The van der Waals surface area contributed by atoms with Gasteiger partial charge in [-0.05, 0) is 52.0 Å². The summed E-state index contributed by atoms with van der Waals surface area (Å²) in [7, 11) is 4.14. The zero-order chi connectivity index (χ0) is 19.6. The quantitative estimate of drug-likeness (QED) is 0.513. The number of amides is 1. The van der Waals surface area contributed by atoms with Crippen molar-refractivity contribution < 1.29 is 9.59 Å². The molecule has 2 rings (SSSR count). The second kappa shape index (κ2) is 10.6. The van der Waals surface area contributed by atoms with Gasteiger partial charge in [0, 0.05) is 17.7 Å². The molecule has 4 nitrogen and oxygen atoms in total. The highest BCUT2D eigenvalue weighted by Crippen LogP contribution is 2.19. The summed E-state index contributed by atoms with van der Waals surface area (Å²) in [6, 6.07) is 16.6. The van der Waals surface area contributed by atoms with Crippen molar-refractivity contribution in [2.45, 2.75) is 32.1 Å². The zero-order valence-corrected chi connectivity index (χ0v) is 16.6. The van der Waals surface area contributed by atoms with E-state index in [1.165, 1.54) is 0 Å². The third-order valence-electron chi connectivity index (χ3n) is 4.66. The molecular weight excluding hydrogens is 336 g/mol. The van der Waals surface area contributed by atoms with Gasteiger partial charge in [-0.2, -0.15) is 0 Å². The molecule has 1 N–H and O–H groups in total. The predicted molar refractivity (Wildman–Crippen MR) is 110 cm³/mol. The van der Waals surface area contributed by atoms with Crippen molar-refractivity contribution in [1.29, 1.82) is 0 Å². The van der Waals surface area contributed by atoms with E-state index in [4.69, 9.17) is 0 Å². The van der Waals surface area contributed by atoms with Crippen LogP contribution >= 0.6 is 0 Å². The Labute approximate surface area is 162 Å². The Hall–Kier alpha value is -2.46. The van der Waals surface area contributed by atoms with E-state index in [1.54, 1.807) is 18.2 Å². The number of benzene rings is 2. The molecule has 4 heteroatoms. The molecule has 1 unspecified atom stereocenters. The van der Waals surface area contributed by atoms with Gasteiger partial charge in [-0.15, -0.1) is 0 Å². The van der Waals surface area contributed by atoms with Crippen LogP contribution in [0.4, 0.5) is 0 Å². The molecule has 0 radical (unpaired) electrons. The van der Waals surface area contributed by atoms with Crippen LogP contribution in [0.5, 0.6) is 0 Å². The van der Waals surface area contributed by atoms with Crippen LogP contribution in [0.15, 0.2) is 54.6 Å². The minimum absolute atomic E-state index is 0.00641. The van der Waals surface area contributed by atoms with E-state index in [0.29, 0.717) is 17.7 Å². The minimum atomic E-state index is -0.282. The lowest BCUT2D eigenvalue weighted by Crippen LogP contribution is -2.29. The van der Waals surface area contributed by atoms with E-state index >= 15 is 0 Å². The van der Waals surface area contributed by atoms with Crippen LogP contribution in [-0.2, 0) is 4.79 Å². The largest absolute Gasteiger partial charge is 0.356 e. The van der Waals surface area contributed by atoms with Gasteiger partial charge < -0.3 is 10.2 Å². The smallest absolute Gasteiger partial charge is 0.227 e. The van der Waals surface area contributed by atoms with E-state index in [1.807, 2.05) is 43.3 Å². The third-order valence-corrected chi connectivity index (χ3v) is 4.66. The number of hydrogen-bond acceptors (Lipinski definition) is 3. The van der Waals surface area contributed by atoms with E-state index in [9.17, 15) is 9.59 Å². The Bertz CT molecular complexity index is 741. The molecule has 0 aromatic heterocycles. The van der Waals surface area contributed by atoms with Crippen LogP contribution in [0, 0.1) is 0 Å². The average molecular weight is 367 g/mol. The number of rotatable bonds is 10. The fraction of sp³-hybridized carbons (Fsp3) is 0.391. The van der Waals surface area contributed by atoms with Crippen molar-refractivity contribution in [3.8, 4) is 0 Å². The molecular formula is C23H30N2O2. The first-order valence-corrected chi connectivity index (χ1v) is 9.61. The molecule has 1 amide bonds. The molecule has 2 aromatic carbocycles. The van der Waals surface area contributed by atoms with E-state index in [0.717, 1.165) is 31.4 Å². The molecule has 0 spiro atoms. The summed E-state index contributed by atoms with van der Waals surface area (Å²) in [6.07, 6.45) is 3.23. The van der Waals surface area contributed by atoms with Crippen LogP contribution in [0.25, 0.3) is 0 Å². The van der Waals surface area contributed by atoms with Crippen molar-refractivity contribution in [1.82, 2.24) is 10.2 Å². The second-order valence-corrected chi connectivity index (χ2v) is 7.20. The fourth-order valence-electron chi connectivity index (χ4n) is 2.95. The van der Waals surface area contributed by atoms with Gasteiger partial charge >= 0.3 is 0 Å². The SMILES string of the molecule is CC(C(=O)NCCCCCN(C)C)c1cccc(C(=O)c2ccccc2)c1. The van der Waals surface area contributed by atoms with Crippen molar-refractivity contribution in [2.24, 2.45) is 0 Å². The number of carbonyl (C=O) groups excluding carboxylic acids is 2. The van der Waals surface area contributed by atoms with Crippen molar-refractivity contribution >= 4 is 11.7 Å². The summed E-state index contributed by atoms with van der Waals surface area (Å²) in [4.78, 5) is 27.2. The van der Waals surface area contributed by atoms with Crippen LogP contribution in [0.3, 0.4) is 0 Å². The number of nitrogens with one attached hydrogen (secondary N) is 1. The van der Waals surface area contributed by atoms with Crippen LogP contribution in [0.1, 0.15) is 53.6 Å². The summed E-state index contributed by atoms with van der Waals surface area (Å²) in [6.45, 7) is 3.65. The Morgan fingerprint density at radius 3 is 2.33 bits per heavy atom. The Balaban J connectivity index is 1.89. The average Bonchev–Trinajstić information content (AvgIpc) is 2.69. The first kappa shape index (κ1) is 20.8. The predicted octanol–water partition coefficient (Wildman–Crippen LogP) is 3.87. The summed E-state index contributed by atoms with van der Waals surface area (Å²) in [5, 5.41) is 3.01. The van der Waals surface area contributed by atoms with E-state index in [2.05, 4.69) is 24.3 Å². The maximum absolute atomic E-state index is 12.6. The van der Waals surface area contributed by atoms with Gasteiger partial charge in [0.25, 0.3) is 0 Å². The Kier molecular flexibility index (Phi) is 8.21. The monoisotopic (exact) mass is 366 g/mol. The molecule has 0 saturated heterocycles. The van der Waals surface area contributed by atoms with Gasteiger partial charge in [0.2, 0.25) is 5.91 Å². The number of hydrogen-bond donors (Lipinski definition) is 1. The lowest BCUT2D eigenvalue weighted by atomic mass is 9.95. The molecule has 0 aliphatic carbocycles. The van der Waals surface area contributed by atoms with Crippen LogP contribution in [-0.4, -0.2) is 43.8 Å². The minimum Gasteiger partial charge on any atom is -0.356 e. The van der Waals surface area contributed by atoms with Gasteiger partial charge in [0.05, 0.1) is 5.92 Å². The summed E-state index contributed by atoms with van der Waals surface area (Å²) < 4.78 is 0. The van der Waals surface area contributed by atoms with Gasteiger partial charge in [0.15, 0.2) is 5.78 Å². The molecule has 1 atom stereocenters. The molecule has 0 bridgehead atoms. The molecule has 0 saturated carbocycles. The standard InChI is InChI=1S/C23H30N2O2/c1-18(23(27)24-15-8-5-9-16-25(2)3)20-13-10-14-21(17-20)22(26)19-11-6-4-7-12-19/h4,6-7,10-14,17-18H,5,8-9,15-16H2,1-3H3,(H,24,27).